The third-order valence-corrected chi connectivity index (χ3v) is 10.8. The number of nitriles is 1. The van der Waals surface area contributed by atoms with E-state index >= 15 is 0 Å². The highest BCUT2D eigenvalue weighted by atomic mass is 32.2. The van der Waals surface area contributed by atoms with Crippen molar-refractivity contribution < 1.29 is 18.3 Å². The van der Waals surface area contributed by atoms with Crippen LogP contribution in [0.1, 0.15) is 69.5 Å². The SMILES string of the molecule is CC(C)(O)c1cccc(-n2cc(-c3ccc(N4CCS(=O)(=O)CC4)cc3)c([C@@H]3CCCC[C@H]3C(=O)NC3(C#N)CC3)n2)c1. The standard InChI is InChI=1S/C33H39N5O4S/c1-32(2,40)24-6-5-7-26(20-24)38-21-29(23-10-12-25(13-11-23)37-16-18-43(41,42)19-17-37)30(36-38)27-8-3-4-9-28(27)31(39)35-33(22-34)14-15-33/h5-7,10-13,20-21,27-28,40H,3-4,8-9,14-19H2,1-2H3,(H,35,39)/t27-,28-/m1/s1. The van der Waals surface area contributed by atoms with E-state index in [4.69, 9.17) is 5.10 Å². The maximum Gasteiger partial charge on any atom is 0.225 e. The fourth-order valence-corrected chi connectivity index (χ4v) is 7.56. The zero-order valence-electron chi connectivity index (χ0n) is 24.8. The van der Waals surface area contributed by atoms with Crippen molar-refractivity contribution in [1.82, 2.24) is 15.1 Å². The number of carbonyl (C=O) groups is 1. The molecule has 2 aliphatic carbocycles. The van der Waals surface area contributed by atoms with E-state index in [0.29, 0.717) is 25.9 Å². The first-order valence-electron chi connectivity index (χ1n) is 15.2. The molecule has 43 heavy (non-hydrogen) atoms. The molecule has 1 aromatic heterocycles. The fourth-order valence-electron chi connectivity index (χ4n) is 6.36. The number of hydrogen-bond acceptors (Lipinski definition) is 7. The lowest BCUT2D eigenvalue weighted by molar-refractivity contribution is -0.127. The summed E-state index contributed by atoms with van der Waals surface area (Å²) in [5.74, 6) is -0.132. The zero-order valence-corrected chi connectivity index (χ0v) is 25.6. The van der Waals surface area contributed by atoms with Gasteiger partial charge in [-0.2, -0.15) is 10.4 Å². The van der Waals surface area contributed by atoms with Crippen molar-refractivity contribution in [2.24, 2.45) is 5.92 Å². The van der Waals surface area contributed by atoms with Crippen molar-refractivity contribution in [1.29, 1.82) is 5.26 Å². The highest BCUT2D eigenvalue weighted by molar-refractivity contribution is 7.91. The molecule has 6 rings (SSSR count). The molecule has 3 fully saturated rings. The molecule has 9 nitrogen and oxygen atoms in total. The number of benzene rings is 2. The Bertz CT molecular complexity index is 1650. The van der Waals surface area contributed by atoms with E-state index in [2.05, 4.69) is 16.3 Å². The van der Waals surface area contributed by atoms with E-state index in [9.17, 15) is 23.6 Å². The number of amides is 1. The second-order valence-electron chi connectivity index (χ2n) is 12.8. The Kier molecular flexibility index (Phi) is 7.59. The van der Waals surface area contributed by atoms with Crippen molar-refractivity contribution >= 4 is 21.4 Å². The number of sulfone groups is 1. The van der Waals surface area contributed by atoms with Crippen LogP contribution >= 0.6 is 0 Å². The number of rotatable bonds is 7. The van der Waals surface area contributed by atoms with Crippen LogP contribution in [0.3, 0.4) is 0 Å². The Morgan fingerprint density at radius 3 is 2.42 bits per heavy atom. The van der Waals surface area contributed by atoms with E-state index in [1.807, 2.05) is 59.4 Å². The molecule has 1 saturated heterocycles. The normalized spacial score (nSPS) is 22.9. The Hall–Kier alpha value is -3.68. The van der Waals surface area contributed by atoms with Crippen LogP contribution in [-0.4, -0.2) is 59.3 Å². The number of nitrogens with zero attached hydrogens (tertiary/aromatic N) is 4. The third kappa shape index (κ3) is 6.20. The summed E-state index contributed by atoms with van der Waals surface area (Å²) in [5.41, 5.74) is 3.60. The number of carbonyl (C=O) groups excluding carboxylic acids is 1. The van der Waals surface area contributed by atoms with Gasteiger partial charge < -0.3 is 15.3 Å². The average Bonchev–Trinajstić information content (AvgIpc) is 3.63. The summed E-state index contributed by atoms with van der Waals surface area (Å²) in [7, 11) is -2.97. The maximum atomic E-state index is 13.6. The largest absolute Gasteiger partial charge is 0.386 e. The maximum absolute atomic E-state index is 13.6. The summed E-state index contributed by atoms with van der Waals surface area (Å²) in [5, 5.41) is 28.4. The second kappa shape index (κ2) is 11.1. The molecular weight excluding hydrogens is 562 g/mol. The van der Waals surface area contributed by atoms with Crippen LogP contribution in [0.5, 0.6) is 0 Å². The Balaban J connectivity index is 1.37. The summed E-state index contributed by atoms with van der Waals surface area (Å²) in [6, 6.07) is 18.1. The van der Waals surface area contributed by atoms with Crippen LogP contribution in [0.4, 0.5) is 5.69 Å². The van der Waals surface area contributed by atoms with Crippen LogP contribution in [-0.2, 0) is 20.2 Å². The number of nitrogens with one attached hydrogen (secondary N) is 1. The van der Waals surface area contributed by atoms with Gasteiger partial charge in [-0.3, -0.25) is 4.79 Å². The first-order valence-corrected chi connectivity index (χ1v) is 17.0. The molecule has 1 amide bonds. The second-order valence-corrected chi connectivity index (χ2v) is 15.2. The zero-order chi connectivity index (χ0) is 30.4. The Morgan fingerprint density at radius 1 is 1.07 bits per heavy atom. The number of aromatic nitrogens is 2. The molecule has 3 aliphatic rings. The predicted octanol–water partition coefficient (Wildman–Crippen LogP) is 4.45. The molecule has 2 aromatic carbocycles. The highest BCUT2D eigenvalue weighted by Gasteiger charge is 2.47. The smallest absolute Gasteiger partial charge is 0.225 e. The van der Waals surface area contributed by atoms with Crippen LogP contribution in [0.15, 0.2) is 54.7 Å². The van der Waals surface area contributed by atoms with Crippen LogP contribution in [0.25, 0.3) is 16.8 Å². The minimum Gasteiger partial charge on any atom is -0.386 e. The minimum atomic E-state index is -2.97. The molecule has 2 heterocycles. The topological polar surface area (TPSA) is 128 Å². The molecule has 0 bridgehead atoms. The summed E-state index contributed by atoms with van der Waals surface area (Å²) in [4.78, 5) is 15.7. The van der Waals surface area contributed by atoms with Gasteiger partial charge in [0.2, 0.25) is 5.91 Å². The van der Waals surface area contributed by atoms with Crippen LogP contribution in [0.2, 0.25) is 0 Å². The molecule has 1 aliphatic heterocycles. The van der Waals surface area contributed by atoms with E-state index in [1.165, 1.54) is 0 Å². The van der Waals surface area contributed by atoms with Gasteiger partial charge in [-0.25, -0.2) is 13.1 Å². The summed E-state index contributed by atoms with van der Waals surface area (Å²) in [6.07, 6.45) is 6.91. The lowest BCUT2D eigenvalue weighted by Crippen LogP contribution is -2.42. The Labute approximate surface area is 253 Å². The average molecular weight is 602 g/mol. The summed E-state index contributed by atoms with van der Waals surface area (Å²) in [6.45, 7) is 4.46. The molecule has 10 heteroatoms. The summed E-state index contributed by atoms with van der Waals surface area (Å²) >= 11 is 0. The van der Waals surface area contributed by atoms with Crippen LogP contribution in [0, 0.1) is 17.2 Å². The first-order chi connectivity index (χ1) is 20.5. The van der Waals surface area contributed by atoms with Gasteiger partial charge in [-0.05, 0) is 74.9 Å². The number of anilines is 1. The Morgan fingerprint density at radius 2 is 1.77 bits per heavy atom. The van der Waals surface area contributed by atoms with Crippen molar-refractivity contribution in [2.45, 2.75) is 69.4 Å². The van der Waals surface area contributed by atoms with E-state index in [1.54, 1.807) is 13.8 Å². The highest BCUT2D eigenvalue weighted by Crippen LogP contribution is 2.43. The molecule has 3 aromatic rings. The van der Waals surface area contributed by atoms with Crippen molar-refractivity contribution in [2.75, 3.05) is 29.5 Å². The molecule has 2 saturated carbocycles. The van der Waals surface area contributed by atoms with E-state index in [-0.39, 0.29) is 29.2 Å². The number of aliphatic hydroxyl groups is 1. The van der Waals surface area contributed by atoms with Crippen molar-refractivity contribution in [3.8, 4) is 22.9 Å². The number of hydrogen-bond donors (Lipinski definition) is 2. The molecule has 2 atom stereocenters. The van der Waals surface area contributed by atoms with Gasteiger partial charge in [-0.1, -0.05) is 37.1 Å². The van der Waals surface area contributed by atoms with E-state index in [0.717, 1.165) is 59.4 Å². The molecule has 226 valence electrons. The van der Waals surface area contributed by atoms with Gasteiger partial charge >= 0.3 is 0 Å². The monoisotopic (exact) mass is 601 g/mol. The molecule has 0 radical (unpaired) electrons. The predicted molar refractivity (Wildman–Crippen MR) is 166 cm³/mol. The van der Waals surface area contributed by atoms with Gasteiger partial charge in [-0.15, -0.1) is 0 Å². The van der Waals surface area contributed by atoms with Crippen LogP contribution < -0.4 is 10.2 Å². The molecule has 0 spiro atoms. The lowest BCUT2D eigenvalue weighted by Gasteiger charge is -2.31. The van der Waals surface area contributed by atoms with Gasteiger partial charge in [0.15, 0.2) is 9.84 Å². The lowest BCUT2D eigenvalue weighted by atomic mass is 9.75. The summed E-state index contributed by atoms with van der Waals surface area (Å²) < 4.78 is 25.7. The van der Waals surface area contributed by atoms with Gasteiger partial charge in [0.1, 0.15) is 5.54 Å². The van der Waals surface area contributed by atoms with E-state index < -0.39 is 21.0 Å². The fraction of sp³-hybridized carbons (Fsp3) is 0.485. The molecule has 2 N–H and O–H groups in total. The minimum absolute atomic E-state index is 0.0660. The van der Waals surface area contributed by atoms with Gasteiger partial charge in [0.05, 0.1) is 34.6 Å². The third-order valence-electron chi connectivity index (χ3n) is 9.23. The molecular formula is C33H39N5O4S. The molecule has 0 unspecified atom stereocenters. The first kappa shape index (κ1) is 29.4. The van der Waals surface area contributed by atoms with Crippen molar-refractivity contribution in [3.05, 3.63) is 66.0 Å². The van der Waals surface area contributed by atoms with Crippen molar-refractivity contribution in [3.63, 3.8) is 0 Å². The quantitative estimate of drug-likeness (QED) is 0.410. The van der Waals surface area contributed by atoms with Gasteiger partial charge in [0.25, 0.3) is 0 Å². The van der Waals surface area contributed by atoms with Gasteiger partial charge in [0, 0.05) is 42.4 Å².